The summed E-state index contributed by atoms with van der Waals surface area (Å²) in [5, 5.41) is 0.638. The Kier molecular flexibility index (Phi) is 5.48. The van der Waals surface area contributed by atoms with Crippen molar-refractivity contribution in [3.63, 3.8) is 0 Å². The van der Waals surface area contributed by atoms with Crippen molar-refractivity contribution in [3.8, 4) is 11.6 Å². The van der Waals surface area contributed by atoms with E-state index in [1.165, 1.54) is 6.33 Å². The van der Waals surface area contributed by atoms with Crippen molar-refractivity contribution in [3.05, 3.63) is 47.9 Å². The molecule has 6 nitrogen and oxygen atoms in total. The van der Waals surface area contributed by atoms with Gasteiger partial charge in [-0.25, -0.2) is 9.97 Å². The Hall–Kier alpha value is -2.34. The number of ether oxygens (including phenoxy) is 2. The van der Waals surface area contributed by atoms with Crippen LogP contribution < -0.4 is 9.47 Å². The molecule has 0 radical (unpaired) electrons. The second kappa shape index (κ2) is 7.97. The fourth-order valence-corrected chi connectivity index (χ4v) is 2.64. The first-order chi connectivity index (χ1) is 11.7. The van der Waals surface area contributed by atoms with Gasteiger partial charge in [0.15, 0.2) is 6.61 Å². The number of hydrogen-bond acceptors (Lipinski definition) is 5. The molecule has 2 aromatic rings. The second-order valence-corrected chi connectivity index (χ2v) is 5.92. The van der Waals surface area contributed by atoms with Gasteiger partial charge >= 0.3 is 0 Å². The van der Waals surface area contributed by atoms with Crippen molar-refractivity contribution in [1.82, 2.24) is 14.9 Å². The maximum absolute atomic E-state index is 12.2. The summed E-state index contributed by atoms with van der Waals surface area (Å²) in [6.07, 6.45) is 4.73. The van der Waals surface area contributed by atoms with E-state index in [1.807, 2.05) is 0 Å². The van der Waals surface area contributed by atoms with Gasteiger partial charge in [-0.3, -0.25) is 4.79 Å². The third-order valence-corrected chi connectivity index (χ3v) is 4.06. The molecule has 1 aliphatic heterocycles. The molecule has 0 aliphatic carbocycles. The Bertz CT molecular complexity index is 659. The van der Waals surface area contributed by atoms with E-state index in [-0.39, 0.29) is 18.6 Å². The molecule has 1 fully saturated rings. The minimum atomic E-state index is -0.0227. The van der Waals surface area contributed by atoms with Crippen molar-refractivity contribution in [2.75, 3.05) is 19.7 Å². The molecule has 0 bridgehead atoms. The monoisotopic (exact) mass is 347 g/mol. The Morgan fingerprint density at radius 3 is 2.62 bits per heavy atom. The average molecular weight is 348 g/mol. The SMILES string of the molecule is O=C(COc1ccc(Cl)cc1)N1CCC(Oc2ccncn2)CC1. The number of halogens is 1. The molecule has 1 aliphatic rings. The molecular formula is C17H18ClN3O3. The van der Waals surface area contributed by atoms with Crippen molar-refractivity contribution < 1.29 is 14.3 Å². The van der Waals surface area contributed by atoms with Crippen molar-refractivity contribution in [2.45, 2.75) is 18.9 Å². The van der Waals surface area contributed by atoms with Crippen LogP contribution in [-0.4, -0.2) is 46.6 Å². The van der Waals surface area contributed by atoms with Crippen LogP contribution in [0, 0.1) is 0 Å². The molecule has 1 saturated heterocycles. The highest BCUT2D eigenvalue weighted by molar-refractivity contribution is 6.30. The van der Waals surface area contributed by atoms with Gasteiger partial charge in [-0.15, -0.1) is 0 Å². The smallest absolute Gasteiger partial charge is 0.260 e. The number of aromatic nitrogens is 2. The van der Waals surface area contributed by atoms with E-state index in [9.17, 15) is 4.79 Å². The minimum absolute atomic E-state index is 0.0227. The highest BCUT2D eigenvalue weighted by Crippen LogP contribution is 2.18. The largest absolute Gasteiger partial charge is 0.484 e. The molecule has 7 heteroatoms. The standard InChI is InChI=1S/C17H18ClN3O3/c18-13-1-3-14(4-2-13)23-11-17(22)21-9-6-15(7-10-21)24-16-5-8-19-12-20-16/h1-5,8,12,15H,6-7,9-11H2. The third-order valence-electron chi connectivity index (χ3n) is 3.81. The predicted molar refractivity (Wildman–Crippen MR) is 89.2 cm³/mol. The van der Waals surface area contributed by atoms with Crippen LogP contribution in [0.15, 0.2) is 42.9 Å². The van der Waals surface area contributed by atoms with E-state index in [4.69, 9.17) is 21.1 Å². The molecule has 2 heterocycles. The molecule has 0 spiro atoms. The van der Waals surface area contributed by atoms with Crippen LogP contribution in [0.3, 0.4) is 0 Å². The summed E-state index contributed by atoms with van der Waals surface area (Å²) in [6.45, 7) is 1.33. The van der Waals surface area contributed by atoms with Gasteiger partial charge < -0.3 is 14.4 Å². The maximum atomic E-state index is 12.2. The first-order valence-electron chi connectivity index (χ1n) is 7.79. The highest BCUT2D eigenvalue weighted by atomic mass is 35.5. The summed E-state index contributed by atoms with van der Waals surface area (Å²) in [6, 6.07) is 8.70. The Labute approximate surface area is 145 Å². The normalized spacial score (nSPS) is 15.1. The van der Waals surface area contributed by atoms with E-state index < -0.39 is 0 Å². The van der Waals surface area contributed by atoms with Gasteiger partial charge in [0.2, 0.25) is 5.88 Å². The van der Waals surface area contributed by atoms with Gasteiger partial charge in [0.25, 0.3) is 5.91 Å². The van der Waals surface area contributed by atoms with Crippen LogP contribution >= 0.6 is 11.6 Å². The second-order valence-electron chi connectivity index (χ2n) is 5.49. The summed E-state index contributed by atoms with van der Waals surface area (Å²) in [5.41, 5.74) is 0. The van der Waals surface area contributed by atoms with Crippen LogP contribution in [0.4, 0.5) is 0 Å². The molecule has 3 rings (SSSR count). The third kappa shape index (κ3) is 4.58. The Morgan fingerprint density at radius 1 is 1.21 bits per heavy atom. The lowest BCUT2D eigenvalue weighted by Crippen LogP contribution is -2.43. The number of nitrogens with zero attached hydrogens (tertiary/aromatic N) is 3. The maximum Gasteiger partial charge on any atom is 0.260 e. The minimum Gasteiger partial charge on any atom is -0.484 e. The molecule has 0 unspecified atom stereocenters. The van der Waals surface area contributed by atoms with Crippen LogP contribution in [0.5, 0.6) is 11.6 Å². The van der Waals surface area contributed by atoms with E-state index >= 15 is 0 Å². The zero-order valence-corrected chi connectivity index (χ0v) is 13.9. The quantitative estimate of drug-likeness (QED) is 0.831. The number of rotatable bonds is 5. The van der Waals surface area contributed by atoms with Crippen LogP contribution in [0.2, 0.25) is 5.02 Å². The van der Waals surface area contributed by atoms with Crippen molar-refractivity contribution in [2.24, 2.45) is 0 Å². The van der Waals surface area contributed by atoms with E-state index in [0.717, 1.165) is 12.8 Å². The summed E-state index contributed by atoms with van der Waals surface area (Å²) >= 11 is 5.82. The van der Waals surface area contributed by atoms with E-state index in [0.29, 0.717) is 29.7 Å². The van der Waals surface area contributed by atoms with Crippen LogP contribution in [0.25, 0.3) is 0 Å². The van der Waals surface area contributed by atoms with Gasteiger partial charge in [-0.05, 0) is 24.3 Å². The fourth-order valence-electron chi connectivity index (χ4n) is 2.51. The van der Waals surface area contributed by atoms with Crippen LogP contribution in [0.1, 0.15) is 12.8 Å². The number of likely N-dealkylation sites (tertiary alicyclic amines) is 1. The zero-order valence-electron chi connectivity index (χ0n) is 13.1. The Balaban J connectivity index is 1.42. The average Bonchev–Trinajstić information content (AvgIpc) is 2.62. The van der Waals surface area contributed by atoms with Gasteiger partial charge in [0.1, 0.15) is 18.2 Å². The van der Waals surface area contributed by atoms with Crippen molar-refractivity contribution in [1.29, 1.82) is 0 Å². The molecule has 126 valence electrons. The zero-order chi connectivity index (χ0) is 16.8. The molecule has 1 amide bonds. The first kappa shape index (κ1) is 16.5. The molecule has 1 aromatic heterocycles. The summed E-state index contributed by atoms with van der Waals surface area (Å²) in [5.74, 6) is 1.18. The molecule has 24 heavy (non-hydrogen) atoms. The summed E-state index contributed by atoms with van der Waals surface area (Å²) < 4.78 is 11.3. The summed E-state index contributed by atoms with van der Waals surface area (Å²) in [4.78, 5) is 21.9. The number of amides is 1. The van der Waals surface area contributed by atoms with Gasteiger partial charge in [0.05, 0.1) is 0 Å². The lowest BCUT2D eigenvalue weighted by Gasteiger charge is -2.31. The Morgan fingerprint density at radius 2 is 1.96 bits per heavy atom. The van der Waals surface area contributed by atoms with E-state index in [1.54, 1.807) is 41.4 Å². The topological polar surface area (TPSA) is 64.5 Å². The molecule has 0 saturated carbocycles. The summed E-state index contributed by atoms with van der Waals surface area (Å²) in [7, 11) is 0. The number of hydrogen-bond donors (Lipinski definition) is 0. The van der Waals surface area contributed by atoms with Crippen molar-refractivity contribution >= 4 is 17.5 Å². The molecule has 0 N–H and O–H groups in total. The van der Waals surface area contributed by atoms with E-state index in [2.05, 4.69) is 9.97 Å². The lowest BCUT2D eigenvalue weighted by molar-refractivity contribution is -0.135. The number of carbonyl (C=O) groups excluding carboxylic acids is 1. The fraction of sp³-hybridized carbons (Fsp3) is 0.353. The van der Waals surface area contributed by atoms with Gasteiger partial charge in [-0.2, -0.15) is 0 Å². The predicted octanol–water partition coefficient (Wildman–Crippen LogP) is 2.58. The van der Waals surface area contributed by atoms with Gasteiger partial charge in [0, 0.05) is 43.2 Å². The molecular weight excluding hydrogens is 330 g/mol. The number of carbonyl (C=O) groups is 1. The number of benzene rings is 1. The van der Waals surface area contributed by atoms with Gasteiger partial charge in [-0.1, -0.05) is 11.6 Å². The lowest BCUT2D eigenvalue weighted by atomic mass is 10.1. The molecule has 0 atom stereocenters. The molecule has 1 aromatic carbocycles. The first-order valence-corrected chi connectivity index (χ1v) is 8.17. The number of piperidine rings is 1. The highest BCUT2D eigenvalue weighted by Gasteiger charge is 2.24. The van der Waals surface area contributed by atoms with Crippen LogP contribution in [-0.2, 0) is 4.79 Å².